The summed E-state index contributed by atoms with van der Waals surface area (Å²) in [7, 11) is 1.34. The molecule has 214 valence electrons. The highest BCUT2D eigenvalue weighted by molar-refractivity contribution is 6.32. The number of alkyl halides is 5. The van der Waals surface area contributed by atoms with E-state index in [1.54, 1.807) is 18.2 Å². The zero-order chi connectivity index (χ0) is 30.1. The first kappa shape index (κ1) is 28.8. The Balaban J connectivity index is 1.45. The molecule has 5 nitrogen and oxygen atoms in total. The van der Waals surface area contributed by atoms with Crippen LogP contribution >= 0.6 is 11.6 Å². The highest BCUT2D eigenvalue weighted by Gasteiger charge is 2.36. The summed E-state index contributed by atoms with van der Waals surface area (Å²) < 4.78 is 77.3. The van der Waals surface area contributed by atoms with Crippen molar-refractivity contribution < 1.29 is 31.5 Å². The van der Waals surface area contributed by atoms with Crippen molar-refractivity contribution in [2.75, 3.05) is 12.4 Å². The Hall–Kier alpha value is -4.70. The third kappa shape index (κ3) is 5.71. The van der Waals surface area contributed by atoms with Crippen molar-refractivity contribution in [3.63, 3.8) is 0 Å². The van der Waals surface area contributed by atoms with Gasteiger partial charge >= 0.3 is 6.18 Å². The van der Waals surface area contributed by atoms with Gasteiger partial charge < -0.3 is 10.1 Å². The molecule has 0 saturated heterocycles. The van der Waals surface area contributed by atoms with E-state index < -0.39 is 23.7 Å². The van der Waals surface area contributed by atoms with E-state index in [9.17, 15) is 18.0 Å². The molecule has 5 rings (SSSR count). The van der Waals surface area contributed by atoms with E-state index >= 15 is 8.78 Å². The van der Waals surface area contributed by atoms with Crippen LogP contribution in [0, 0.1) is 0 Å². The Bertz CT molecular complexity index is 1740. The molecule has 1 N–H and O–H groups in total. The molecule has 0 aliphatic carbocycles. The van der Waals surface area contributed by atoms with E-state index in [1.165, 1.54) is 79.9 Å². The first-order chi connectivity index (χ1) is 20.0. The van der Waals surface area contributed by atoms with Crippen molar-refractivity contribution >= 4 is 23.2 Å². The number of hydrogen-bond acceptors (Lipinski definition) is 3. The third-order valence-corrected chi connectivity index (χ3v) is 6.79. The van der Waals surface area contributed by atoms with Gasteiger partial charge in [-0.3, -0.25) is 4.79 Å². The number of rotatable bonds is 7. The second-order valence-electron chi connectivity index (χ2n) is 9.16. The number of hydrogen-bond donors (Lipinski definition) is 1. The highest BCUT2D eigenvalue weighted by Crippen LogP contribution is 2.39. The fourth-order valence-corrected chi connectivity index (χ4v) is 4.55. The molecule has 0 radical (unpaired) electrons. The summed E-state index contributed by atoms with van der Waals surface area (Å²) in [5.74, 6) is -3.82. The normalized spacial score (nSPS) is 11.8. The van der Waals surface area contributed by atoms with E-state index in [-0.39, 0.29) is 44.5 Å². The van der Waals surface area contributed by atoms with Crippen LogP contribution in [0.2, 0.25) is 5.02 Å². The van der Waals surface area contributed by atoms with Crippen LogP contribution < -0.4 is 10.1 Å². The van der Waals surface area contributed by atoms with Crippen molar-refractivity contribution in [3.8, 4) is 22.7 Å². The third-order valence-electron chi connectivity index (χ3n) is 6.47. The Morgan fingerprint density at radius 1 is 0.833 bits per heavy atom. The maximum absolute atomic E-state index is 15.2. The molecule has 4 aromatic carbocycles. The molecule has 0 spiro atoms. The zero-order valence-corrected chi connectivity index (χ0v) is 22.5. The Kier molecular flexibility index (Phi) is 7.74. The predicted molar refractivity (Wildman–Crippen MR) is 149 cm³/mol. The van der Waals surface area contributed by atoms with Crippen LogP contribution in [0.1, 0.15) is 27.2 Å². The summed E-state index contributed by atoms with van der Waals surface area (Å²) in [6.45, 7) is 0. The number of carbonyl (C=O) groups excluding carboxylic acids is 1. The van der Waals surface area contributed by atoms with E-state index in [2.05, 4.69) is 10.4 Å². The van der Waals surface area contributed by atoms with Crippen LogP contribution in [0.15, 0.2) is 103 Å². The summed E-state index contributed by atoms with van der Waals surface area (Å²) >= 11 is 6.23. The number of aromatic nitrogens is 2. The Morgan fingerprint density at radius 3 is 2.14 bits per heavy atom. The molecule has 0 atom stereocenters. The average Bonchev–Trinajstić information content (AvgIpc) is 3.44. The standard InChI is InChI=1S/C31H21ClF5N3O2/c1-42-27-16-15-22(30(33,34)21-7-3-2-4-8-21)17-24(27)38-29(41)20-13-11-19(12-14-20)26-18-28(31(35,36)37)39-40(26)25-10-6-5-9-23(25)32/h2-18H,1H3,(H,38,41). The van der Waals surface area contributed by atoms with Gasteiger partial charge in [0.15, 0.2) is 5.69 Å². The lowest BCUT2D eigenvalue weighted by Gasteiger charge is -2.19. The molecule has 42 heavy (non-hydrogen) atoms. The van der Waals surface area contributed by atoms with Gasteiger partial charge in [0, 0.05) is 22.3 Å². The number of benzene rings is 4. The lowest BCUT2D eigenvalue weighted by atomic mass is 9.99. The van der Waals surface area contributed by atoms with E-state index in [4.69, 9.17) is 16.3 Å². The van der Waals surface area contributed by atoms with Crippen LogP contribution in [0.25, 0.3) is 16.9 Å². The van der Waals surface area contributed by atoms with Crippen LogP contribution in [-0.4, -0.2) is 22.8 Å². The van der Waals surface area contributed by atoms with Gasteiger partial charge in [0.25, 0.3) is 11.8 Å². The SMILES string of the molecule is COc1ccc(C(F)(F)c2ccccc2)cc1NC(=O)c1ccc(-c2cc(C(F)(F)F)nn2-c2ccccc2Cl)cc1. The maximum atomic E-state index is 15.2. The van der Waals surface area contributed by atoms with Gasteiger partial charge in [-0.05, 0) is 48.5 Å². The Labute approximate surface area is 242 Å². The van der Waals surface area contributed by atoms with Gasteiger partial charge in [-0.2, -0.15) is 27.1 Å². The van der Waals surface area contributed by atoms with Crippen LogP contribution in [-0.2, 0) is 12.1 Å². The monoisotopic (exact) mass is 597 g/mol. The molecule has 1 heterocycles. The first-order valence-electron chi connectivity index (χ1n) is 12.4. The van der Waals surface area contributed by atoms with Crippen molar-refractivity contribution in [3.05, 3.63) is 131 Å². The van der Waals surface area contributed by atoms with Gasteiger partial charge in [-0.25, -0.2) is 4.68 Å². The van der Waals surface area contributed by atoms with Gasteiger partial charge in [-0.1, -0.05) is 66.2 Å². The number of nitrogens with one attached hydrogen (secondary N) is 1. The molecule has 11 heteroatoms. The molecule has 5 aromatic rings. The first-order valence-corrected chi connectivity index (χ1v) is 12.8. The average molecular weight is 598 g/mol. The van der Waals surface area contributed by atoms with Crippen LogP contribution in [0.4, 0.5) is 27.6 Å². The predicted octanol–water partition coefficient (Wildman–Crippen LogP) is 8.61. The minimum absolute atomic E-state index is 0.0197. The molecule has 1 aromatic heterocycles. The molecule has 0 aliphatic heterocycles. The lowest BCUT2D eigenvalue weighted by Crippen LogP contribution is -2.17. The Morgan fingerprint density at radius 2 is 1.50 bits per heavy atom. The largest absolute Gasteiger partial charge is 0.495 e. The molecular weight excluding hydrogens is 577 g/mol. The molecule has 1 amide bonds. The van der Waals surface area contributed by atoms with E-state index in [1.807, 2.05) is 0 Å². The highest BCUT2D eigenvalue weighted by atomic mass is 35.5. The molecule has 0 fully saturated rings. The van der Waals surface area contributed by atoms with E-state index in [0.717, 1.165) is 16.8 Å². The number of nitrogens with zero attached hydrogens (tertiary/aromatic N) is 2. The van der Waals surface area contributed by atoms with Crippen molar-refractivity contribution in [2.24, 2.45) is 0 Å². The van der Waals surface area contributed by atoms with Crippen molar-refractivity contribution in [2.45, 2.75) is 12.1 Å². The minimum atomic E-state index is -4.70. The van der Waals surface area contributed by atoms with Gasteiger partial charge in [0.2, 0.25) is 0 Å². The number of para-hydroxylation sites is 1. The fourth-order valence-electron chi connectivity index (χ4n) is 4.33. The quantitative estimate of drug-likeness (QED) is 0.191. The van der Waals surface area contributed by atoms with Crippen molar-refractivity contribution in [1.82, 2.24) is 9.78 Å². The van der Waals surface area contributed by atoms with Crippen molar-refractivity contribution in [1.29, 1.82) is 0 Å². The number of halogens is 6. The summed E-state index contributed by atoms with van der Waals surface area (Å²) in [4.78, 5) is 13.1. The number of ether oxygens (including phenoxy) is 1. The summed E-state index contributed by atoms with van der Waals surface area (Å²) in [5.41, 5.74) is -0.867. The molecular formula is C31H21ClF5N3O2. The fraction of sp³-hybridized carbons (Fsp3) is 0.0968. The molecule has 0 aliphatic rings. The molecule has 0 unspecified atom stereocenters. The van der Waals surface area contributed by atoms with Crippen LogP contribution in [0.3, 0.4) is 0 Å². The lowest BCUT2D eigenvalue weighted by molar-refractivity contribution is -0.141. The molecule has 0 saturated carbocycles. The topological polar surface area (TPSA) is 56.1 Å². The smallest absolute Gasteiger partial charge is 0.435 e. The second-order valence-corrected chi connectivity index (χ2v) is 9.57. The molecule has 0 bridgehead atoms. The zero-order valence-electron chi connectivity index (χ0n) is 21.8. The summed E-state index contributed by atoms with van der Waals surface area (Å²) in [6, 6.07) is 23.9. The summed E-state index contributed by atoms with van der Waals surface area (Å²) in [5, 5.41) is 6.51. The minimum Gasteiger partial charge on any atom is -0.495 e. The van der Waals surface area contributed by atoms with E-state index in [0.29, 0.717) is 5.56 Å². The second kappa shape index (κ2) is 11.3. The number of methoxy groups -OCH3 is 1. The number of carbonyl (C=O) groups is 1. The van der Waals surface area contributed by atoms with Gasteiger partial charge in [0.1, 0.15) is 5.75 Å². The van der Waals surface area contributed by atoms with Gasteiger partial charge in [0.05, 0.1) is 29.2 Å². The number of amides is 1. The summed E-state index contributed by atoms with van der Waals surface area (Å²) in [6.07, 6.45) is -4.70. The van der Waals surface area contributed by atoms with Crippen LogP contribution in [0.5, 0.6) is 5.75 Å². The van der Waals surface area contributed by atoms with Gasteiger partial charge in [-0.15, -0.1) is 0 Å². The number of anilines is 1. The maximum Gasteiger partial charge on any atom is 0.435 e.